The van der Waals surface area contributed by atoms with Gasteiger partial charge in [0, 0.05) is 11.6 Å². The second-order valence-corrected chi connectivity index (χ2v) is 7.73. The number of primary sulfonamides is 1. The minimum Gasteiger partial charge on any atom is -0.334 e. The number of aryl methyl sites for hydroxylation is 1. The smallest absolute Gasteiger partial charge is 0.319 e. The number of nitrogens with two attached hydrogens (primary N) is 1. The molecule has 0 saturated carbocycles. The lowest BCUT2D eigenvalue weighted by Gasteiger charge is -2.16. The van der Waals surface area contributed by atoms with Crippen LogP contribution in [0.25, 0.3) is 0 Å². The van der Waals surface area contributed by atoms with Crippen LogP contribution in [0.15, 0.2) is 41.3 Å². The largest absolute Gasteiger partial charge is 0.334 e. The van der Waals surface area contributed by atoms with Gasteiger partial charge in [0.2, 0.25) is 10.0 Å². The van der Waals surface area contributed by atoms with E-state index in [1.165, 1.54) is 12.1 Å². The number of amides is 2. The number of sulfonamides is 1. The van der Waals surface area contributed by atoms with Gasteiger partial charge in [0.25, 0.3) is 0 Å². The second-order valence-electron chi connectivity index (χ2n) is 5.76. The molecule has 0 fully saturated rings. The van der Waals surface area contributed by atoms with Gasteiger partial charge in [-0.25, -0.2) is 18.4 Å². The molecule has 0 aliphatic carbocycles. The maximum Gasteiger partial charge on any atom is 0.319 e. The zero-order valence-electron chi connectivity index (χ0n) is 14.7. The van der Waals surface area contributed by atoms with Crippen LogP contribution in [-0.4, -0.2) is 14.4 Å². The molecule has 4 N–H and O–H groups in total. The number of hydrogen-bond donors (Lipinski definition) is 3. The summed E-state index contributed by atoms with van der Waals surface area (Å²) in [4.78, 5) is 12.3. The summed E-state index contributed by atoms with van der Waals surface area (Å²) in [6.45, 7) is 4.25. The van der Waals surface area contributed by atoms with E-state index in [0.29, 0.717) is 11.4 Å². The molecule has 2 amide bonds. The molecule has 2 aromatic rings. The molecule has 0 bridgehead atoms. The van der Waals surface area contributed by atoms with Gasteiger partial charge in [-0.15, -0.1) is 0 Å². The van der Waals surface area contributed by atoms with Crippen LogP contribution in [0.5, 0.6) is 0 Å². The van der Waals surface area contributed by atoms with Crippen molar-refractivity contribution in [1.82, 2.24) is 5.32 Å². The Balaban J connectivity index is 2.07. The van der Waals surface area contributed by atoms with E-state index in [9.17, 15) is 13.2 Å². The van der Waals surface area contributed by atoms with Gasteiger partial charge in [-0.1, -0.05) is 43.6 Å². The quantitative estimate of drug-likeness (QED) is 0.698. The van der Waals surface area contributed by atoms with Gasteiger partial charge in [-0.2, -0.15) is 0 Å². The third-order valence-corrected chi connectivity index (χ3v) is 5.30. The fourth-order valence-corrected chi connectivity index (χ4v) is 3.41. The van der Waals surface area contributed by atoms with E-state index in [2.05, 4.69) is 10.6 Å². The van der Waals surface area contributed by atoms with Crippen LogP contribution in [0.1, 0.15) is 30.5 Å². The van der Waals surface area contributed by atoms with Gasteiger partial charge < -0.3 is 10.6 Å². The summed E-state index contributed by atoms with van der Waals surface area (Å²) in [5.74, 6) is 0. The maximum atomic E-state index is 12.3. The van der Waals surface area contributed by atoms with Crippen molar-refractivity contribution < 1.29 is 13.2 Å². The van der Waals surface area contributed by atoms with Crippen LogP contribution in [0.4, 0.5) is 10.5 Å². The Hall–Kier alpha value is -2.09. The van der Waals surface area contributed by atoms with Crippen molar-refractivity contribution in [2.24, 2.45) is 5.14 Å². The van der Waals surface area contributed by atoms with Gasteiger partial charge in [-0.3, -0.25) is 0 Å². The lowest BCUT2D eigenvalue weighted by molar-refractivity contribution is 0.251. The maximum absolute atomic E-state index is 12.3. The first-order valence-electron chi connectivity index (χ1n) is 8.23. The molecular weight excluding hydrogens is 374 g/mol. The highest BCUT2D eigenvalue weighted by molar-refractivity contribution is 7.89. The summed E-state index contributed by atoms with van der Waals surface area (Å²) >= 11 is 6.24. The molecule has 2 aromatic carbocycles. The van der Waals surface area contributed by atoms with Crippen LogP contribution in [0.2, 0.25) is 5.02 Å². The van der Waals surface area contributed by atoms with Crippen LogP contribution in [0.3, 0.4) is 0 Å². The Morgan fingerprint density at radius 1 is 1.08 bits per heavy atom. The lowest BCUT2D eigenvalue weighted by Crippen LogP contribution is -2.29. The van der Waals surface area contributed by atoms with E-state index < -0.39 is 10.0 Å². The fraction of sp³-hybridized carbons (Fsp3) is 0.278. The van der Waals surface area contributed by atoms with Crippen LogP contribution >= 0.6 is 11.6 Å². The van der Waals surface area contributed by atoms with E-state index in [1.807, 2.05) is 26.0 Å². The van der Waals surface area contributed by atoms with Crippen molar-refractivity contribution in [3.8, 4) is 0 Å². The van der Waals surface area contributed by atoms with Gasteiger partial charge >= 0.3 is 6.03 Å². The standard InChI is InChI=1S/C18H22ClN3O3S/c1-3-13-7-10-16(19)15(4-2)17(13)22-18(23)21-11-12-5-8-14(9-6-12)26(20,24)25/h5-10H,3-4,11H2,1-2H3,(H2,20,24,25)(H2,21,22,23). The van der Waals surface area contributed by atoms with E-state index in [0.717, 1.165) is 28.8 Å². The number of benzene rings is 2. The molecule has 0 unspecified atom stereocenters. The van der Waals surface area contributed by atoms with Gasteiger partial charge in [0.05, 0.1) is 10.6 Å². The number of carbonyl (C=O) groups excluding carboxylic acids is 1. The number of carbonyl (C=O) groups is 1. The zero-order chi connectivity index (χ0) is 19.3. The third-order valence-electron chi connectivity index (χ3n) is 4.02. The van der Waals surface area contributed by atoms with E-state index in [4.69, 9.17) is 16.7 Å². The van der Waals surface area contributed by atoms with Crippen LogP contribution in [0, 0.1) is 0 Å². The first-order valence-corrected chi connectivity index (χ1v) is 10.2. The molecule has 2 rings (SSSR count). The second kappa shape index (κ2) is 8.53. The number of anilines is 1. The van der Waals surface area contributed by atoms with Gasteiger partial charge in [0.15, 0.2) is 0 Å². The zero-order valence-corrected chi connectivity index (χ0v) is 16.2. The molecule has 0 saturated heterocycles. The summed E-state index contributed by atoms with van der Waals surface area (Å²) in [6.07, 6.45) is 1.48. The lowest BCUT2D eigenvalue weighted by atomic mass is 10.0. The monoisotopic (exact) mass is 395 g/mol. The average molecular weight is 396 g/mol. The SMILES string of the molecule is CCc1ccc(Cl)c(CC)c1NC(=O)NCc1ccc(S(N)(=O)=O)cc1. The number of hydrogen-bond acceptors (Lipinski definition) is 3. The first kappa shape index (κ1) is 20.2. The summed E-state index contributed by atoms with van der Waals surface area (Å²) < 4.78 is 22.5. The normalized spacial score (nSPS) is 11.2. The molecule has 8 heteroatoms. The Morgan fingerprint density at radius 2 is 1.73 bits per heavy atom. The van der Waals surface area contributed by atoms with E-state index in [1.54, 1.807) is 12.1 Å². The topological polar surface area (TPSA) is 101 Å². The molecule has 0 aromatic heterocycles. The molecule has 0 heterocycles. The highest BCUT2D eigenvalue weighted by Gasteiger charge is 2.13. The molecule has 0 radical (unpaired) electrons. The molecule has 26 heavy (non-hydrogen) atoms. The fourth-order valence-electron chi connectivity index (χ4n) is 2.60. The third kappa shape index (κ3) is 4.97. The number of rotatable bonds is 6. The van der Waals surface area contributed by atoms with Crippen molar-refractivity contribution in [3.63, 3.8) is 0 Å². The Bertz CT molecular complexity index is 897. The van der Waals surface area contributed by atoms with Crippen molar-refractivity contribution in [1.29, 1.82) is 0 Å². The van der Waals surface area contributed by atoms with Gasteiger partial charge in [-0.05, 0) is 47.7 Å². The minimum absolute atomic E-state index is 0.0322. The van der Waals surface area contributed by atoms with Crippen LogP contribution < -0.4 is 15.8 Å². The van der Waals surface area contributed by atoms with Crippen molar-refractivity contribution >= 4 is 33.3 Å². The summed E-state index contributed by atoms with van der Waals surface area (Å²) in [5.41, 5.74) is 3.41. The van der Waals surface area contributed by atoms with Crippen LogP contribution in [-0.2, 0) is 29.4 Å². The number of urea groups is 1. The van der Waals surface area contributed by atoms with E-state index >= 15 is 0 Å². The van der Waals surface area contributed by atoms with Crippen molar-refractivity contribution in [2.45, 2.75) is 38.1 Å². The summed E-state index contributed by atoms with van der Waals surface area (Å²) in [5, 5.41) is 11.3. The molecule has 140 valence electrons. The number of halogens is 1. The molecule has 6 nitrogen and oxygen atoms in total. The van der Waals surface area contributed by atoms with Gasteiger partial charge in [0.1, 0.15) is 0 Å². The molecular formula is C18H22ClN3O3S. The Kier molecular flexibility index (Phi) is 6.63. The molecule has 0 spiro atoms. The molecule has 0 aliphatic heterocycles. The molecule has 0 atom stereocenters. The Labute approximate surface area is 158 Å². The van der Waals surface area contributed by atoms with Crippen molar-refractivity contribution in [2.75, 3.05) is 5.32 Å². The molecule has 0 aliphatic rings. The first-order chi connectivity index (χ1) is 12.3. The summed E-state index contributed by atoms with van der Waals surface area (Å²) in [7, 11) is -3.72. The average Bonchev–Trinajstić information content (AvgIpc) is 2.60. The minimum atomic E-state index is -3.72. The Morgan fingerprint density at radius 3 is 2.27 bits per heavy atom. The summed E-state index contributed by atoms with van der Waals surface area (Å²) in [6, 6.07) is 9.42. The number of nitrogens with one attached hydrogen (secondary N) is 2. The predicted molar refractivity (Wildman–Crippen MR) is 104 cm³/mol. The highest BCUT2D eigenvalue weighted by Crippen LogP contribution is 2.29. The highest BCUT2D eigenvalue weighted by atomic mass is 35.5. The van der Waals surface area contributed by atoms with E-state index in [-0.39, 0.29) is 17.5 Å². The van der Waals surface area contributed by atoms with Crippen molar-refractivity contribution in [3.05, 3.63) is 58.1 Å². The predicted octanol–water partition coefficient (Wildman–Crippen LogP) is 3.43.